The number of hydrogen-bond donors (Lipinski definition) is 4. The van der Waals surface area contributed by atoms with Crippen molar-refractivity contribution in [3.63, 3.8) is 0 Å². The topological polar surface area (TPSA) is 117 Å². The lowest BCUT2D eigenvalue weighted by Crippen LogP contribution is -2.13. The van der Waals surface area contributed by atoms with E-state index < -0.39 is 23.2 Å². The van der Waals surface area contributed by atoms with Gasteiger partial charge in [0.2, 0.25) is 11.5 Å². The Morgan fingerprint density at radius 2 is 1.54 bits per heavy atom. The van der Waals surface area contributed by atoms with Crippen LogP contribution in [0.1, 0.15) is 10.4 Å². The van der Waals surface area contributed by atoms with E-state index in [0.717, 1.165) is 6.07 Å². The summed E-state index contributed by atoms with van der Waals surface area (Å²) in [6.07, 6.45) is 0. The molecule has 0 spiro atoms. The van der Waals surface area contributed by atoms with Crippen molar-refractivity contribution in [2.45, 2.75) is 0 Å². The van der Waals surface area contributed by atoms with Crippen molar-refractivity contribution >= 4 is 11.6 Å². The highest BCUT2D eigenvalue weighted by Gasteiger charge is 2.21. The highest BCUT2D eigenvalue weighted by molar-refractivity contribution is 6.07. The van der Waals surface area contributed by atoms with Gasteiger partial charge in [0.05, 0.1) is 32.6 Å². The molecule has 0 atom stereocenters. The van der Waals surface area contributed by atoms with Crippen LogP contribution in [0.2, 0.25) is 0 Å². The molecule has 0 radical (unpaired) electrons. The van der Waals surface area contributed by atoms with E-state index in [9.17, 15) is 20.1 Å². The number of phenols is 3. The molecule has 0 unspecified atom stereocenters. The molecule has 128 valence electrons. The molecule has 2 aromatic rings. The van der Waals surface area contributed by atoms with E-state index in [-0.39, 0.29) is 22.7 Å². The summed E-state index contributed by atoms with van der Waals surface area (Å²) in [5.41, 5.74) is 0.0502. The van der Waals surface area contributed by atoms with Crippen LogP contribution in [0.15, 0.2) is 24.3 Å². The number of carbonyl (C=O) groups is 1. The Labute approximate surface area is 137 Å². The molecular formula is C16H17NO7. The van der Waals surface area contributed by atoms with Crippen LogP contribution in [0.4, 0.5) is 5.69 Å². The van der Waals surface area contributed by atoms with Crippen LogP contribution in [0.3, 0.4) is 0 Å². The third kappa shape index (κ3) is 2.94. The minimum atomic E-state index is -0.776. The quantitative estimate of drug-likeness (QED) is 0.618. The van der Waals surface area contributed by atoms with Gasteiger partial charge in [-0.05, 0) is 24.3 Å². The number of anilines is 1. The summed E-state index contributed by atoms with van der Waals surface area (Å²) in [4.78, 5) is 12.3. The van der Waals surface area contributed by atoms with Gasteiger partial charge in [0, 0.05) is 0 Å². The van der Waals surface area contributed by atoms with Crippen LogP contribution in [0, 0.1) is 0 Å². The van der Waals surface area contributed by atoms with E-state index in [1.165, 1.54) is 33.5 Å². The fourth-order valence-corrected chi connectivity index (χ4v) is 2.14. The van der Waals surface area contributed by atoms with Crippen LogP contribution >= 0.6 is 0 Å². The average Bonchev–Trinajstić information content (AvgIpc) is 2.58. The highest BCUT2D eigenvalue weighted by Crippen LogP contribution is 2.43. The molecule has 4 N–H and O–H groups in total. The Balaban J connectivity index is 2.41. The number of methoxy groups -OCH3 is 3. The van der Waals surface area contributed by atoms with Gasteiger partial charge in [-0.3, -0.25) is 4.79 Å². The molecular weight excluding hydrogens is 318 g/mol. The lowest BCUT2D eigenvalue weighted by atomic mass is 10.1. The van der Waals surface area contributed by atoms with Crippen LogP contribution in [-0.4, -0.2) is 42.6 Å². The van der Waals surface area contributed by atoms with Crippen molar-refractivity contribution in [1.82, 2.24) is 0 Å². The third-order valence-corrected chi connectivity index (χ3v) is 3.33. The second-order valence-electron chi connectivity index (χ2n) is 4.67. The lowest BCUT2D eigenvalue weighted by Gasteiger charge is -2.16. The molecule has 0 aliphatic heterocycles. The number of benzene rings is 2. The largest absolute Gasteiger partial charge is 0.504 e. The Kier molecular flexibility index (Phi) is 4.88. The number of carbonyl (C=O) groups excluding carboxylic acids is 1. The fraction of sp³-hybridized carbons (Fsp3) is 0.188. The molecule has 8 heteroatoms. The average molecular weight is 335 g/mol. The molecule has 0 saturated carbocycles. The molecule has 24 heavy (non-hydrogen) atoms. The van der Waals surface area contributed by atoms with Gasteiger partial charge in [-0.15, -0.1) is 0 Å². The van der Waals surface area contributed by atoms with Crippen molar-refractivity contribution in [3.8, 4) is 34.5 Å². The molecule has 0 heterocycles. The molecule has 2 rings (SSSR count). The van der Waals surface area contributed by atoms with Crippen LogP contribution in [0.5, 0.6) is 34.5 Å². The highest BCUT2D eigenvalue weighted by atomic mass is 16.5. The molecule has 0 aliphatic rings. The number of nitrogens with one attached hydrogen (secondary N) is 1. The molecule has 0 fully saturated rings. The molecule has 2 aromatic carbocycles. The molecule has 0 bridgehead atoms. The monoisotopic (exact) mass is 335 g/mol. The lowest BCUT2D eigenvalue weighted by molar-refractivity contribution is 0.102. The van der Waals surface area contributed by atoms with Gasteiger partial charge in [0.1, 0.15) is 0 Å². The number of phenolic OH excluding ortho intramolecular Hbond substituents is 3. The Hall–Kier alpha value is -3.29. The molecule has 0 saturated heterocycles. The van der Waals surface area contributed by atoms with Crippen LogP contribution < -0.4 is 19.5 Å². The summed E-state index contributed by atoms with van der Waals surface area (Å²) in [6.45, 7) is 0. The normalized spacial score (nSPS) is 10.1. The first-order valence-electron chi connectivity index (χ1n) is 6.78. The maximum absolute atomic E-state index is 12.3. The van der Waals surface area contributed by atoms with Gasteiger partial charge < -0.3 is 34.8 Å². The zero-order valence-corrected chi connectivity index (χ0v) is 13.3. The number of aromatic hydroxyl groups is 3. The van der Waals surface area contributed by atoms with Gasteiger partial charge in [-0.2, -0.15) is 0 Å². The summed E-state index contributed by atoms with van der Waals surface area (Å²) in [5.74, 6) is -1.82. The molecule has 0 aromatic heterocycles. The van der Waals surface area contributed by atoms with Crippen molar-refractivity contribution in [2.24, 2.45) is 0 Å². The standard InChI is InChI=1S/C16H17NO7/c1-22-11-7-5-9(14(23-2)15(11)24-3)17-16(21)8-4-6-10(18)13(20)12(8)19/h4-7,18-20H,1-3H3,(H,17,21). The number of ether oxygens (including phenoxy) is 3. The smallest absolute Gasteiger partial charge is 0.259 e. The van der Waals surface area contributed by atoms with E-state index >= 15 is 0 Å². The summed E-state index contributed by atoms with van der Waals surface area (Å²) in [7, 11) is 4.29. The number of amides is 1. The van der Waals surface area contributed by atoms with E-state index in [1.54, 1.807) is 6.07 Å². The Morgan fingerprint density at radius 3 is 2.12 bits per heavy atom. The summed E-state index contributed by atoms with van der Waals surface area (Å²) in [5, 5.41) is 31.2. The Morgan fingerprint density at radius 1 is 0.875 bits per heavy atom. The minimum absolute atomic E-state index is 0.220. The second kappa shape index (κ2) is 6.86. The number of rotatable bonds is 5. The van der Waals surface area contributed by atoms with Gasteiger partial charge >= 0.3 is 0 Å². The maximum atomic E-state index is 12.3. The van der Waals surface area contributed by atoms with E-state index in [1.807, 2.05) is 0 Å². The fourth-order valence-electron chi connectivity index (χ4n) is 2.14. The zero-order chi connectivity index (χ0) is 17.9. The predicted octanol–water partition coefficient (Wildman–Crippen LogP) is 2.08. The van der Waals surface area contributed by atoms with Crippen molar-refractivity contribution < 1.29 is 34.3 Å². The second-order valence-corrected chi connectivity index (χ2v) is 4.67. The number of hydrogen-bond acceptors (Lipinski definition) is 7. The molecule has 1 amide bonds. The van der Waals surface area contributed by atoms with E-state index in [4.69, 9.17) is 14.2 Å². The summed E-state index contributed by atoms with van der Waals surface area (Å²) >= 11 is 0. The van der Waals surface area contributed by atoms with E-state index in [0.29, 0.717) is 5.75 Å². The van der Waals surface area contributed by atoms with Gasteiger partial charge in [-0.25, -0.2) is 0 Å². The van der Waals surface area contributed by atoms with E-state index in [2.05, 4.69) is 5.32 Å². The van der Waals surface area contributed by atoms with Gasteiger partial charge in [0.15, 0.2) is 23.0 Å². The van der Waals surface area contributed by atoms with Crippen LogP contribution in [0.25, 0.3) is 0 Å². The predicted molar refractivity (Wildman–Crippen MR) is 85.5 cm³/mol. The third-order valence-electron chi connectivity index (χ3n) is 3.33. The first-order chi connectivity index (χ1) is 11.4. The summed E-state index contributed by atoms with van der Waals surface area (Å²) in [6, 6.07) is 5.38. The first kappa shape index (κ1) is 17.1. The zero-order valence-electron chi connectivity index (χ0n) is 13.3. The first-order valence-corrected chi connectivity index (χ1v) is 6.78. The Bertz CT molecular complexity index is 774. The molecule has 0 aliphatic carbocycles. The maximum Gasteiger partial charge on any atom is 0.259 e. The molecule has 8 nitrogen and oxygen atoms in total. The van der Waals surface area contributed by atoms with Crippen molar-refractivity contribution in [2.75, 3.05) is 26.6 Å². The van der Waals surface area contributed by atoms with Crippen LogP contribution in [-0.2, 0) is 0 Å². The minimum Gasteiger partial charge on any atom is -0.504 e. The summed E-state index contributed by atoms with van der Waals surface area (Å²) < 4.78 is 15.6. The van der Waals surface area contributed by atoms with Crippen molar-refractivity contribution in [1.29, 1.82) is 0 Å². The van der Waals surface area contributed by atoms with Gasteiger partial charge in [-0.1, -0.05) is 0 Å². The van der Waals surface area contributed by atoms with Gasteiger partial charge in [0.25, 0.3) is 5.91 Å². The SMILES string of the molecule is COc1ccc(NC(=O)c2ccc(O)c(O)c2O)c(OC)c1OC. The van der Waals surface area contributed by atoms with Crippen molar-refractivity contribution in [3.05, 3.63) is 29.8 Å².